The number of nitrogens with zero attached hydrogens (tertiary/aromatic N) is 2. The molecule has 3 rings (SSSR count). The van der Waals surface area contributed by atoms with E-state index in [9.17, 15) is 4.79 Å². The number of amides is 1. The van der Waals surface area contributed by atoms with Crippen LogP contribution < -0.4 is 10.2 Å². The Morgan fingerprint density at radius 1 is 1.00 bits per heavy atom. The van der Waals surface area contributed by atoms with Crippen molar-refractivity contribution in [2.45, 2.75) is 26.1 Å². The summed E-state index contributed by atoms with van der Waals surface area (Å²) in [6, 6.07) is 16.9. The van der Waals surface area contributed by atoms with Crippen LogP contribution in [0.25, 0.3) is 0 Å². The number of hydrogen-bond acceptors (Lipinski definition) is 4. The van der Waals surface area contributed by atoms with Gasteiger partial charge in [0.05, 0.1) is 11.4 Å². The van der Waals surface area contributed by atoms with Crippen molar-refractivity contribution in [1.82, 2.24) is 0 Å². The second-order valence-electron chi connectivity index (χ2n) is 6.72. The summed E-state index contributed by atoms with van der Waals surface area (Å²) in [6.45, 7) is 6.27. The van der Waals surface area contributed by atoms with Gasteiger partial charge < -0.3 is 15.0 Å². The summed E-state index contributed by atoms with van der Waals surface area (Å²) in [6.07, 6.45) is 0.381. The van der Waals surface area contributed by atoms with E-state index < -0.39 is 0 Å². The summed E-state index contributed by atoms with van der Waals surface area (Å²) in [5.74, 6) is 0.0139. The number of anilines is 1. The third-order valence-electron chi connectivity index (χ3n) is 4.22. The van der Waals surface area contributed by atoms with Crippen molar-refractivity contribution >= 4 is 23.0 Å². The number of azo groups is 1. The van der Waals surface area contributed by atoms with Crippen LogP contribution in [0.15, 0.2) is 64.8 Å². The Kier molecular flexibility index (Phi) is 6.09. The van der Waals surface area contributed by atoms with Crippen LogP contribution in [0.2, 0.25) is 0 Å². The molecule has 0 aliphatic carbocycles. The molecule has 1 fully saturated rings. The molecular weight excluding hydrogens is 328 g/mol. The minimum Gasteiger partial charge on any atom is -0.364 e. The molecule has 2 N–H and O–H groups in total. The second-order valence-corrected chi connectivity index (χ2v) is 6.72. The zero-order valence-corrected chi connectivity index (χ0v) is 15.2. The van der Waals surface area contributed by atoms with E-state index in [-0.39, 0.29) is 18.1 Å². The fourth-order valence-electron chi connectivity index (χ4n) is 3.19. The first kappa shape index (κ1) is 18.2. The average Bonchev–Trinajstić information content (AvgIpc) is 2.61. The maximum absolute atomic E-state index is 12.3. The van der Waals surface area contributed by atoms with E-state index in [0.717, 1.165) is 30.2 Å². The Morgan fingerprint density at radius 3 is 2.19 bits per heavy atom. The lowest BCUT2D eigenvalue weighted by molar-refractivity contribution is -0.907. The summed E-state index contributed by atoms with van der Waals surface area (Å²) in [5.41, 5.74) is 2.32. The molecule has 0 spiro atoms. The number of ether oxygens (including phenoxy) is 1. The molecule has 6 nitrogen and oxygen atoms in total. The zero-order valence-electron chi connectivity index (χ0n) is 15.2. The Morgan fingerprint density at radius 2 is 1.58 bits per heavy atom. The molecule has 6 heteroatoms. The van der Waals surface area contributed by atoms with Crippen LogP contribution in [-0.4, -0.2) is 37.7 Å². The van der Waals surface area contributed by atoms with Gasteiger partial charge in [-0.3, -0.25) is 4.79 Å². The summed E-state index contributed by atoms with van der Waals surface area (Å²) in [4.78, 5) is 13.5. The van der Waals surface area contributed by atoms with Gasteiger partial charge in [0.15, 0.2) is 6.54 Å². The summed E-state index contributed by atoms with van der Waals surface area (Å²) >= 11 is 0. The summed E-state index contributed by atoms with van der Waals surface area (Å²) in [7, 11) is 0. The smallest absolute Gasteiger partial charge is 0.279 e. The number of benzene rings is 2. The van der Waals surface area contributed by atoms with Crippen molar-refractivity contribution in [2.75, 3.05) is 25.0 Å². The van der Waals surface area contributed by atoms with Crippen molar-refractivity contribution in [2.24, 2.45) is 10.2 Å². The molecule has 1 aliphatic heterocycles. The molecule has 0 radical (unpaired) electrons. The first-order chi connectivity index (χ1) is 12.6. The van der Waals surface area contributed by atoms with Gasteiger partial charge in [0, 0.05) is 5.69 Å². The lowest BCUT2D eigenvalue weighted by atomic mass is 10.2. The highest BCUT2D eigenvalue weighted by Crippen LogP contribution is 2.19. The molecule has 0 bridgehead atoms. The Bertz CT molecular complexity index is 736. The van der Waals surface area contributed by atoms with Gasteiger partial charge in [-0.15, -0.1) is 0 Å². The highest BCUT2D eigenvalue weighted by molar-refractivity contribution is 5.91. The fourth-order valence-corrected chi connectivity index (χ4v) is 3.19. The van der Waals surface area contributed by atoms with Gasteiger partial charge in [0.2, 0.25) is 0 Å². The molecule has 2 aromatic carbocycles. The van der Waals surface area contributed by atoms with Crippen molar-refractivity contribution < 1.29 is 14.4 Å². The highest BCUT2D eigenvalue weighted by atomic mass is 16.5. The quantitative estimate of drug-likeness (QED) is 0.812. The van der Waals surface area contributed by atoms with E-state index in [2.05, 4.69) is 29.4 Å². The van der Waals surface area contributed by atoms with E-state index in [0.29, 0.717) is 6.54 Å². The first-order valence-electron chi connectivity index (χ1n) is 8.94. The Labute approximate surface area is 153 Å². The van der Waals surface area contributed by atoms with Crippen LogP contribution in [0.5, 0.6) is 0 Å². The van der Waals surface area contributed by atoms with E-state index in [1.54, 1.807) is 0 Å². The molecule has 1 heterocycles. The minimum atomic E-state index is 0.0139. The highest BCUT2D eigenvalue weighted by Gasteiger charge is 2.27. The second kappa shape index (κ2) is 8.69. The summed E-state index contributed by atoms with van der Waals surface area (Å²) < 4.78 is 5.71. The number of carbonyl (C=O) groups is 1. The molecule has 1 aliphatic rings. The van der Waals surface area contributed by atoms with Crippen LogP contribution >= 0.6 is 0 Å². The third kappa shape index (κ3) is 5.47. The molecule has 1 amide bonds. The maximum atomic E-state index is 12.3. The van der Waals surface area contributed by atoms with Gasteiger partial charge in [-0.25, -0.2) is 0 Å². The number of nitrogens with one attached hydrogen (secondary N) is 2. The Hall–Kier alpha value is -2.57. The topological polar surface area (TPSA) is 67.5 Å². The SMILES string of the molecule is C[C@@H]1C[NH+](CC(=O)Nc2ccc(N=Nc3ccccc3)cc2)C[C@@H](C)O1. The van der Waals surface area contributed by atoms with Crippen molar-refractivity contribution in [3.8, 4) is 0 Å². The summed E-state index contributed by atoms with van der Waals surface area (Å²) in [5, 5.41) is 11.3. The van der Waals surface area contributed by atoms with Gasteiger partial charge in [-0.05, 0) is 50.2 Å². The van der Waals surface area contributed by atoms with Crippen LogP contribution in [0.3, 0.4) is 0 Å². The monoisotopic (exact) mass is 353 g/mol. The molecular formula is C20H25N4O2+. The molecule has 2 aromatic rings. The van der Waals surface area contributed by atoms with E-state index >= 15 is 0 Å². The lowest BCUT2D eigenvalue weighted by Gasteiger charge is -2.31. The van der Waals surface area contributed by atoms with Gasteiger partial charge >= 0.3 is 0 Å². The molecule has 1 saturated heterocycles. The molecule has 26 heavy (non-hydrogen) atoms. The standard InChI is InChI=1S/C20H24N4O2/c1-15-12-24(13-16(2)26-15)14-20(25)21-17-8-10-19(11-9-17)23-22-18-6-4-3-5-7-18/h3-11,15-16H,12-14H2,1-2H3,(H,21,25)/p+1/t15-,16-/m1/s1. The van der Waals surface area contributed by atoms with E-state index in [1.807, 2.05) is 54.6 Å². The zero-order chi connectivity index (χ0) is 18.4. The number of rotatable bonds is 5. The number of quaternary nitrogens is 1. The van der Waals surface area contributed by atoms with E-state index in [1.165, 1.54) is 4.90 Å². The lowest BCUT2D eigenvalue weighted by Crippen LogP contribution is -3.16. The predicted molar refractivity (Wildman–Crippen MR) is 101 cm³/mol. The average molecular weight is 353 g/mol. The van der Waals surface area contributed by atoms with Gasteiger partial charge in [-0.1, -0.05) is 18.2 Å². The first-order valence-corrected chi connectivity index (χ1v) is 8.94. The normalized spacial score (nSPS) is 23.1. The van der Waals surface area contributed by atoms with Gasteiger partial charge in [-0.2, -0.15) is 10.2 Å². The predicted octanol–water partition coefficient (Wildman–Crippen LogP) is 2.73. The van der Waals surface area contributed by atoms with Crippen LogP contribution in [0.1, 0.15) is 13.8 Å². The number of carbonyl (C=O) groups excluding carboxylic acids is 1. The third-order valence-corrected chi connectivity index (χ3v) is 4.22. The van der Waals surface area contributed by atoms with Crippen LogP contribution in [0, 0.1) is 0 Å². The molecule has 136 valence electrons. The molecule has 0 saturated carbocycles. The largest absolute Gasteiger partial charge is 0.364 e. The van der Waals surface area contributed by atoms with Crippen LogP contribution in [0.4, 0.5) is 17.1 Å². The molecule has 2 atom stereocenters. The van der Waals surface area contributed by atoms with Crippen molar-refractivity contribution in [3.63, 3.8) is 0 Å². The van der Waals surface area contributed by atoms with Gasteiger partial charge in [0.1, 0.15) is 25.3 Å². The van der Waals surface area contributed by atoms with Gasteiger partial charge in [0.25, 0.3) is 5.91 Å². The number of hydrogen-bond donors (Lipinski definition) is 2. The molecule has 0 unspecified atom stereocenters. The fraction of sp³-hybridized carbons (Fsp3) is 0.350. The number of morpholine rings is 1. The Balaban J connectivity index is 1.52. The molecule has 0 aromatic heterocycles. The van der Waals surface area contributed by atoms with Crippen molar-refractivity contribution in [3.05, 3.63) is 54.6 Å². The minimum absolute atomic E-state index is 0.0139. The van der Waals surface area contributed by atoms with Crippen molar-refractivity contribution in [1.29, 1.82) is 0 Å². The van der Waals surface area contributed by atoms with E-state index in [4.69, 9.17) is 4.74 Å². The van der Waals surface area contributed by atoms with Crippen LogP contribution in [-0.2, 0) is 9.53 Å². The maximum Gasteiger partial charge on any atom is 0.279 e.